The van der Waals surface area contributed by atoms with Crippen LogP contribution in [-0.2, 0) is 12.4 Å². The molecule has 4 aromatic rings. The highest BCUT2D eigenvalue weighted by Crippen LogP contribution is 2.22. The second-order valence-electron chi connectivity index (χ2n) is 7.28. The van der Waals surface area contributed by atoms with Crippen LogP contribution >= 0.6 is 11.8 Å². The number of ether oxygens (including phenoxy) is 1. The number of para-hydroxylation sites is 1. The lowest BCUT2D eigenvalue weighted by Crippen LogP contribution is -2.12. The molecule has 0 aliphatic carbocycles. The molecule has 0 unspecified atom stereocenters. The van der Waals surface area contributed by atoms with Gasteiger partial charge in [-0.1, -0.05) is 90.1 Å². The van der Waals surface area contributed by atoms with E-state index in [2.05, 4.69) is 20.3 Å². The Labute approximate surface area is 196 Å². The summed E-state index contributed by atoms with van der Waals surface area (Å²) in [7, 11) is 0. The number of amidine groups is 1. The van der Waals surface area contributed by atoms with E-state index < -0.39 is 5.82 Å². The van der Waals surface area contributed by atoms with Crippen LogP contribution in [0.25, 0.3) is 0 Å². The molecular weight excluding hydrogens is 435 g/mol. The van der Waals surface area contributed by atoms with Gasteiger partial charge < -0.3 is 10.1 Å². The zero-order valence-corrected chi connectivity index (χ0v) is 18.9. The van der Waals surface area contributed by atoms with Crippen LogP contribution in [0.5, 0.6) is 6.01 Å². The SMILES string of the molecule is Cc1ccc(COc2ncc(F)c(N/C(=N\c3ccccc3)SCc3ccccc3)n2)cc1. The summed E-state index contributed by atoms with van der Waals surface area (Å²) in [5.74, 6) is 0.0983. The van der Waals surface area contributed by atoms with Gasteiger partial charge in [0.15, 0.2) is 16.8 Å². The molecule has 0 fully saturated rings. The number of benzene rings is 3. The van der Waals surface area contributed by atoms with E-state index in [-0.39, 0.29) is 11.8 Å². The summed E-state index contributed by atoms with van der Waals surface area (Å²) in [5, 5.41) is 3.54. The van der Waals surface area contributed by atoms with Gasteiger partial charge in [-0.3, -0.25) is 0 Å². The van der Waals surface area contributed by atoms with Crippen molar-refractivity contribution in [3.05, 3.63) is 114 Å². The summed E-state index contributed by atoms with van der Waals surface area (Å²) in [6.45, 7) is 2.31. The lowest BCUT2D eigenvalue weighted by atomic mass is 10.2. The Morgan fingerprint density at radius 1 is 0.939 bits per heavy atom. The highest BCUT2D eigenvalue weighted by atomic mass is 32.2. The molecule has 0 bridgehead atoms. The summed E-state index contributed by atoms with van der Waals surface area (Å²) >= 11 is 1.46. The largest absolute Gasteiger partial charge is 0.459 e. The average molecular weight is 459 g/mol. The first-order valence-corrected chi connectivity index (χ1v) is 11.4. The predicted molar refractivity (Wildman–Crippen MR) is 132 cm³/mol. The number of nitrogens with zero attached hydrogens (tertiary/aromatic N) is 3. The lowest BCUT2D eigenvalue weighted by Gasteiger charge is -2.11. The minimum atomic E-state index is -0.584. The van der Waals surface area contributed by atoms with Crippen molar-refractivity contribution >= 4 is 28.4 Å². The maximum Gasteiger partial charge on any atom is 0.318 e. The van der Waals surface area contributed by atoms with Crippen molar-refractivity contribution in [2.45, 2.75) is 19.3 Å². The number of thioether (sulfide) groups is 1. The topological polar surface area (TPSA) is 59.4 Å². The van der Waals surface area contributed by atoms with E-state index in [1.807, 2.05) is 91.9 Å². The van der Waals surface area contributed by atoms with Gasteiger partial charge in [0.05, 0.1) is 11.9 Å². The Hall–Kier alpha value is -3.71. The van der Waals surface area contributed by atoms with Crippen LogP contribution in [-0.4, -0.2) is 15.1 Å². The van der Waals surface area contributed by atoms with Gasteiger partial charge in [0, 0.05) is 5.75 Å². The summed E-state index contributed by atoms with van der Waals surface area (Å²) in [6.07, 6.45) is 1.10. The van der Waals surface area contributed by atoms with E-state index in [1.165, 1.54) is 17.3 Å². The summed E-state index contributed by atoms with van der Waals surface area (Å²) in [6, 6.07) is 27.6. The van der Waals surface area contributed by atoms with Crippen molar-refractivity contribution in [1.29, 1.82) is 0 Å². The summed E-state index contributed by atoms with van der Waals surface area (Å²) in [5.41, 5.74) is 4.04. The molecule has 0 saturated carbocycles. The van der Waals surface area contributed by atoms with E-state index in [4.69, 9.17) is 4.74 Å². The molecule has 1 aromatic heterocycles. The number of aromatic nitrogens is 2. The van der Waals surface area contributed by atoms with Crippen LogP contribution in [0.15, 0.2) is 96.1 Å². The summed E-state index contributed by atoms with van der Waals surface area (Å²) in [4.78, 5) is 12.8. The molecule has 3 aromatic carbocycles. The Kier molecular flexibility index (Phi) is 7.66. The number of nitrogens with one attached hydrogen (secondary N) is 1. The smallest absolute Gasteiger partial charge is 0.318 e. The van der Waals surface area contributed by atoms with E-state index in [0.29, 0.717) is 17.5 Å². The highest BCUT2D eigenvalue weighted by molar-refractivity contribution is 8.13. The Morgan fingerprint density at radius 3 is 2.36 bits per heavy atom. The quantitative estimate of drug-likeness (QED) is 0.252. The minimum absolute atomic E-state index is 0.0131. The third-order valence-corrected chi connectivity index (χ3v) is 5.59. The fourth-order valence-corrected chi connectivity index (χ4v) is 3.72. The predicted octanol–water partition coefficient (Wildman–Crippen LogP) is 6.54. The molecule has 0 aliphatic rings. The number of halogens is 1. The molecule has 166 valence electrons. The number of rotatable bonds is 7. The number of hydrogen-bond acceptors (Lipinski definition) is 5. The highest BCUT2D eigenvalue weighted by Gasteiger charge is 2.12. The van der Waals surface area contributed by atoms with E-state index in [1.54, 1.807) is 0 Å². The van der Waals surface area contributed by atoms with Crippen LogP contribution in [0.2, 0.25) is 0 Å². The first-order chi connectivity index (χ1) is 16.2. The van der Waals surface area contributed by atoms with Crippen molar-refractivity contribution in [3.63, 3.8) is 0 Å². The van der Waals surface area contributed by atoms with Crippen molar-refractivity contribution in [3.8, 4) is 6.01 Å². The fraction of sp³-hybridized carbons (Fsp3) is 0.115. The van der Waals surface area contributed by atoms with Crippen molar-refractivity contribution in [1.82, 2.24) is 9.97 Å². The van der Waals surface area contributed by atoms with Crippen molar-refractivity contribution < 1.29 is 9.13 Å². The Bertz CT molecular complexity index is 1200. The lowest BCUT2D eigenvalue weighted by molar-refractivity contribution is 0.280. The maximum atomic E-state index is 14.5. The maximum absolute atomic E-state index is 14.5. The Morgan fingerprint density at radius 2 is 1.64 bits per heavy atom. The van der Waals surface area contributed by atoms with Crippen molar-refractivity contribution in [2.75, 3.05) is 5.32 Å². The normalized spacial score (nSPS) is 11.3. The molecule has 5 nitrogen and oxygen atoms in total. The van der Waals surface area contributed by atoms with Gasteiger partial charge in [-0.05, 0) is 30.2 Å². The molecule has 0 aliphatic heterocycles. The van der Waals surface area contributed by atoms with Crippen LogP contribution in [0.1, 0.15) is 16.7 Å². The third-order valence-electron chi connectivity index (χ3n) is 4.64. The van der Waals surface area contributed by atoms with Crippen LogP contribution < -0.4 is 10.1 Å². The van der Waals surface area contributed by atoms with Crippen molar-refractivity contribution in [2.24, 2.45) is 4.99 Å². The van der Waals surface area contributed by atoms with E-state index >= 15 is 0 Å². The second-order valence-corrected chi connectivity index (χ2v) is 8.24. The Balaban J connectivity index is 1.51. The molecule has 7 heteroatoms. The fourth-order valence-electron chi connectivity index (χ4n) is 2.88. The molecule has 1 N–H and O–H groups in total. The average Bonchev–Trinajstić information content (AvgIpc) is 2.85. The van der Waals surface area contributed by atoms with Gasteiger partial charge in [0.25, 0.3) is 0 Å². The van der Waals surface area contributed by atoms with Gasteiger partial charge in [-0.25, -0.2) is 14.4 Å². The molecule has 0 saturated heterocycles. The molecule has 0 atom stereocenters. The molecule has 0 radical (unpaired) electrons. The van der Waals surface area contributed by atoms with Gasteiger partial charge in [0.2, 0.25) is 0 Å². The summed E-state index contributed by atoms with van der Waals surface area (Å²) < 4.78 is 20.2. The zero-order chi connectivity index (χ0) is 22.9. The number of hydrogen-bond donors (Lipinski definition) is 1. The van der Waals surface area contributed by atoms with Gasteiger partial charge >= 0.3 is 6.01 Å². The van der Waals surface area contributed by atoms with Gasteiger partial charge in [-0.2, -0.15) is 4.98 Å². The van der Waals surface area contributed by atoms with Crippen LogP contribution in [0, 0.1) is 12.7 Å². The van der Waals surface area contributed by atoms with Gasteiger partial charge in [0.1, 0.15) is 6.61 Å². The molecule has 0 spiro atoms. The zero-order valence-electron chi connectivity index (χ0n) is 18.1. The first-order valence-electron chi connectivity index (χ1n) is 10.4. The van der Waals surface area contributed by atoms with E-state index in [0.717, 1.165) is 23.0 Å². The first kappa shape index (κ1) is 22.5. The second kappa shape index (κ2) is 11.2. The molecule has 1 heterocycles. The van der Waals surface area contributed by atoms with Crippen LogP contribution in [0.3, 0.4) is 0 Å². The van der Waals surface area contributed by atoms with Gasteiger partial charge in [-0.15, -0.1) is 0 Å². The number of aryl methyl sites for hydroxylation is 1. The minimum Gasteiger partial charge on any atom is -0.459 e. The van der Waals surface area contributed by atoms with E-state index in [9.17, 15) is 4.39 Å². The van der Waals surface area contributed by atoms with Crippen LogP contribution in [0.4, 0.5) is 15.9 Å². The molecule has 33 heavy (non-hydrogen) atoms. The monoisotopic (exact) mass is 458 g/mol. The third kappa shape index (κ3) is 6.89. The molecule has 4 rings (SSSR count). The standard InChI is InChI=1S/C26H23FN4OS/c1-19-12-14-20(15-13-19)17-32-25-28-16-23(27)24(30-25)31-26(29-22-10-6-3-7-11-22)33-18-21-8-4-2-5-9-21/h2-16H,17-18H2,1H3,(H,28,29,30,31). The molecule has 0 amide bonds. The number of anilines is 1. The molecular formula is C26H23FN4OS. The number of aliphatic imine (C=N–C) groups is 1.